The number of amides is 1. The molecule has 0 bridgehead atoms. The van der Waals surface area contributed by atoms with Crippen molar-refractivity contribution < 1.29 is 14.3 Å². The second-order valence-electron chi connectivity index (χ2n) is 5.12. The second-order valence-corrected chi connectivity index (χ2v) is 6.98. The minimum Gasteiger partial charge on any atom is -0.465 e. The van der Waals surface area contributed by atoms with E-state index in [0.717, 1.165) is 22.7 Å². The van der Waals surface area contributed by atoms with Crippen molar-refractivity contribution in [3.05, 3.63) is 40.6 Å². The van der Waals surface area contributed by atoms with Gasteiger partial charge in [0.2, 0.25) is 5.91 Å². The van der Waals surface area contributed by atoms with E-state index in [1.165, 1.54) is 30.2 Å². The van der Waals surface area contributed by atoms with Crippen LogP contribution in [0, 0.1) is 0 Å². The Morgan fingerprint density at radius 1 is 1.32 bits per heavy atom. The first-order valence-corrected chi connectivity index (χ1v) is 9.54. The van der Waals surface area contributed by atoms with Crippen LogP contribution >= 0.6 is 23.1 Å². The summed E-state index contributed by atoms with van der Waals surface area (Å²) in [6.07, 6.45) is 0. The van der Waals surface area contributed by atoms with E-state index in [2.05, 4.69) is 14.9 Å². The Balaban J connectivity index is 1.69. The number of nitrogens with zero attached hydrogens (tertiary/aromatic N) is 2. The van der Waals surface area contributed by atoms with E-state index in [-0.39, 0.29) is 11.7 Å². The normalized spacial score (nSPS) is 10.8. The van der Waals surface area contributed by atoms with Gasteiger partial charge in [-0.15, -0.1) is 11.3 Å². The van der Waals surface area contributed by atoms with Gasteiger partial charge < -0.3 is 14.6 Å². The average molecular weight is 375 g/mol. The number of para-hydroxylation sites is 2. The number of anilines is 1. The van der Waals surface area contributed by atoms with Gasteiger partial charge >= 0.3 is 5.97 Å². The fourth-order valence-corrected chi connectivity index (χ4v) is 4.09. The Bertz CT molecular complexity index is 917. The minimum absolute atomic E-state index is 0.191. The molecule has 1 N–H and O–H groups in total. The van der Waals surface area contributed by atoms with Gasteiger partial charge in [0.15, 0.2) is 5.16 Å². The van der Waals surface area contributed by atoms with Gasteiger partial charge in [-0.1, -0.05) is 23.9 Å². The number of esters is 1. The van der Waals surface area contributed by atoms with Gasteiger partial charge in [-0.2, -0.15) is 0 Å². The van der Waals surface area contributed by atoms with Crippen LogP contribution in [0.15, 0.2) is 40.9 Å². The van der Waals surface area contributed by atoms with Crippen LogP contribution in [0.3, 0.4) is 0 Å². The third-order valence-corrected chi connectivity index (χ3v) is 5.45. The lowest BCUT2D eigenvalue weighted by Gasteiger charge is -2.07. The molecular weight excluding hydrogens is 358 g/mol. The molecule has 3 aromatic rings. The first kappa shape index (κ1) is 17.5. The van der Waals surface area contributed by atoms with Crippen molar-refractivity contribution in [2.75, 3.05) is 18.2 Å². The fraction of sp³-hybridized carbons (Fsp3) is 0.235. The van der Waals surface area contributed by atoms with Crippen molar-refractivity contribution in [1.29, 1.82) is 0 Å². The average Bonchev–Trinajstić information content (AvgIpc) is 3.22. The number of nitrogens with one attached hydrogen (secondary N) is 1. The topological polar surface area (TPSA) is 73.2 Å². The highest BCUT2D eigenvalue weighted by molar-refractivity contribution is 7.99. The van der Waals surface area contributed by atoms with E-state index >= 15 is 0 Å². The molecule has 0 aliphatic rings. The van der Waals surface area contributed by atoms with E-state index in [4.69, 9.17) is 4.74 Å². The minimum atomic E-state index is -0.453. The van der Waals surface area contributed by atoms with Crippen LogP contribution in [0.25, 0.3) is 11.0 Å². The summed E-state index contributed by atoms with van der Waals surface area (Å²) < 4.78 is 6.79. The summed E-state index contributed by atoms with van der Waals surface area (Å²) >= 11 is 2.61. The standard InChI is InChI=1S/C17H17N3O3S2/c1-3-20-13-7-5-4-6-11(13)19-17(20)25-10-14(21)18-12-8-9-24-15(12)16(22)23-2/h4-9H,3,10H2,1-2H3,(H,18,21). The number of carbonyl (C=O) groups excluding carboxylic acids is 2. The van der Waals surface area contributed by atoms with Crippen LogP contribution in [0.4, 0.5) is 5.69 Å². The zero-order valence-corrected chi connectivity index (χ0v) is 15.4. The number of aryl methyl sites for hydroxylation is 1. The third kappa shape index (κ3) is 3.69. The molecule has 0 radical (unpaired) electrons. The Hall–Kier alpha value is -2.32. The molecule has 1 amide bonds. The van der Waals surface area contributed by atoms with Crippen molar-refractivity contribution in [3.8, 4) is 0 Å². The predicted molar refractivity (Wildman–Crippen MR) is 100 cm³/mol. The molecule has 2 heterocycles. The highest BCUT2D eigenvalue weighted by Gasteiger charge is 2.17. The lowest BCUT2D eigenvalue weighted by Crippen LogP contribution is -2.16. The van der Waals surface area contributed by atoms with E-state index < -0.39 is 5.97 Å². The number of hydrogen-bond acceptors (Lipinski definition) is 6. The number of fused-ring (bicyclic) bond motifs is 1. The summed E-state index contributed by atoms with van der Waals surface area (Å²) in [6, 6.07) is 9.59. The highest BCUT2D eigenvalue weighted by Crippen LogP contribution is 2.26. The van der Waals surface area contributed by atoms with Crippen molar-refractivity contribution in [2.24, 2.45) is 0 Å². The van der Waals surface area contributed by atoms with Gasteiger partial charge in [-0.05, 0) is 30.5 Å². The second kappa shape index (κ2) is 7.71. The summed E-state index contributed by atoms with van der Waals surface area (Å²) in [7, 11) is 1.32. The summed E-state index contributed by atoms with van der Waals surface area (Å²) in [4.78, 5) is 28.9. The maximum Gasteiger partial charge on any atom is 0.350 e. The maximum atomic E-state index is 12.2. The van der Waals surface area contributed by atoms with E-state index in [1.54, 1.807) is 11.4 Å². The SMILES string of the molecule is CCn1c(SCC(=O)Nc2ccsc2C(=O)OC)nc2ccccc21. The van der Waals surface area contributed by atoms with E-state index in [9.17, 15) is 9.59 Å². The quantitative estimate of drug-likeness (QED) is 0.526. The molecule has 2 aromatic heterocycles. The van der Waals surface area contributed by atoms with Crippen LogP contribution in [-0.4, -0.2) is 34.3 Å². The molecule has 0 saturated heterocycles. The summed E-state index contributed by atoms with van der Waals surface area (Å²) in [5, 5.41) is 5.30. The Labute approximate surface area is 153 Å². The van der Waals surface area contributed by atoms with E-state index in [0.29, 0.717) is 10.6 Å². The molecule has 6 nitrogen and oxygen atoms in total. The van der Waals surface area contributed by atoms with Gasteiger partial charge in [0.05, 0.1) is 29.6 Å². The molecule has 0 atom stereocenters. The lowest BCUT2D eigenvalue weighted by atomic mass is 10.3. The number of imidazole rings is 1. The smallest absolute Gasteiger partial charge is 0.350 e. The summed E-state index contributed by atoms with van der Waals surface area (Å²) in [6.45, 7) is 2.83. The molecular formula is C17H17N3O3S2. The molecule has 0 aliphatic carbocycles. The molecule has 1 aromatic carbocycles. The highest BCUT2D eigenvalue weighted by atomic mass is 32.2. The van der Waals surface area contributed by atoms with Crippen LogP contribution < -0.4 is 5.32 Å². The Morgan fingerprint density at radius 3 is 2.88 bits per heavy atom. The number of hydrogen-bond donors (Lipinski definition) is 1. The summed E-state index contributed by atoms with van der Waals surface area (Å²) in [5.41, 5.74) is 2.45. The molecule has 0 fully saturated rings. The fourth-order valence-electron chi connectivity index (χ4n) is 2.44. The van der Waals surface area contributed by atoms with Crippen molar-refractivity contribution in [3.63, 3.8) is 0 Å². The number of rotatable bonds is 6. The van der Waals surface area contributed by atoms with Crippen molar-refractivity contribution in [1.82, 2.24) is 9.55 Å². The molecule has 130 valence electrons. The van der Waals surface area contributed by atoms with Crippen molar-refractivity contribution in [2.45, 2.75) is 18.6 Å². The monoisotopic (exact) mass is 375 g/mol. The molecule has 8 heteroatoms. The molecule has 3 rings (SSSR count). The number of methoxy groups -OCH3 is 1. The first-order valence-electron chi connectivity index (χ1n) is 7.67. The number of aromatic nitrogens is 2. The van der Waals surface area contributed by atoms with Gasteiger partial charge in [0.25, 0.3) is 0 Å². The number of benzene rings is 1. The Morgan fingerprint density at radius 2 is 2.12 bits per heavy atom. The lowest BCUT2D eigenvalue weighted by molar-refractivity contribution is -0.113. The third-order valence-electron chi connectivity index (χ3n) is 3.58. The Kier molecular flexibility index (Phi) is 5.40. The van der Waals surface area contributed by atoms with Crippen LogP contribution in [0.5, 0.6) is 0 Å². The van der Waals surface area contributed by atoms with E-state index in [1.807, 2.05) is 31.2 Å². The molecule has 0 saturated carbocycles. The van der Waals surface area contributed by atoms with Gasteiger partial charge in [0.1, 0.15) is 4.88 Å². The van der Waals surface area contributed by atoms with Crippen LogP contribution in [0.2, 0.25) is 0 Å². The molecule has 0 spiro atoms. The van der Waals surface area contributed by atoms with Crippen LogP contribution in [-0.2, 0) is 16.1 Å². The zero-order chi connectivity index (χ0) is 17.8. The van der Waals surface area contributed by atoms with Gasteiger partial charge in [-0.3, -0.25) is 4.79 Å². The predicted octanol–water partition coefficient (Wildman–Crippen LogP) is 3.64. The molecule has 0 aliphatic heterocycles. The number of carbonyl (C=O) groups is 2. The molecule has 0 unspecified atom stereocenters. The largest absolute Gasteiger partial charge is 0.465 e. The number of thiophene rings is 1. The van der Waals surface area contributed by atoms with Gasteiger partial charge in [-0.25, -0.2) is 9.78 Å². The van der Waals surface area contributed by atoms with Crippen molar-refractivity contribution >= 4 is 51.7 Å². The molecule has 25 heavy (non-hydrogen) atoms. The summed E-state index contributed by atoms with van der Waals surface area (Å²) in [5.74, 6) is -0.436. The number of thioether (sulfide) groups is 1. The number of ether oxygens (including phenoxy) is 1. The van der Waals surface area contributed by atoms with Gasteiger partial charge in [0, 0.05) is 6.54 Å². The van der Waals surface area contributed by atoms with Crippen LogP contribution in [0.1, 0.15) is 16.6 Å². The zero-order valence-electron chi connectivity index (χ0n) is 13.8. The first-order chi connectivity index (χ1) is 12.1. The maximum absolute atomic E-state index is 12.2.